The smallest absolute Gasteiger partial charge is 0.275 e. The topological polar surface area (TPSA) is 110 Å². The molecule has 0 amide bonds. The molecular weight excluding hydrogens is 513 g/mol. The third-order valence-electron chi connectivity index (χ3n) is 6.67. The lowest BCUT2D eigenvalue weighted by molar-refractivity contribution is 0.0821. The van der Waals surface area contributed by atoms with Crippen LogP contribution >= 0.6 is 0 Å². The molecule has 0 unspecified atom stereocenters. The molecule has 4 rings (SSSR count). The number of nitrogens with one attached hydrogen (secondary N) is 1. The van der Waals surface area contributed by atoms with Crippen LogP contribution in [0.15, 0.2) is 34.1 Å². The van der Waals surface area contributed by atoms with Gasteiger partial charge in [0, 0.05) is 46.0 Å². The van der Waals surface area contributed by atoms with E-state index in [0.717, 1.165) is 18.4 Å². The van der Waals surface area contributed by atoms with Crippen molar-refractivity contribution in [1.29, 1.82) is 0 Å². The number of benzene rings is 1. The highest BCUT2D eigenvalue weighted by Crippen LogP contribution is 2.32. The highest BCUT2D eigenvalue weighted by molar-refractivity contribution is 7.89. The van der Waals surface area contributed by atoms with Crippen LogP contribution in [0.3, 0.4) is 0 Å². The van der Waals surface area contributed by atoms with Gasteiger partial charge in [0.1, 0.15) is 23.8 Å². The zero-order valence-corrected chi connectivity index (χ0v) is 23.0. The monoisotopic (exact) mass is 549 g/mol. The number of aromatic nitrogens is 3. The Morgan fingerprint density at radius 2 is 1.89 bits per heavy atom. The van der Waals surface area contributed by atoms with Gasteiger partial charge in [-0.15, -0.1) is 0 Å². The van der Waals surface area contributed by atoms with E-state index in [2.05, 4.69) is 16.8 Å². The summed E-state index contributed by atoms with van der Waals surface area (Å²) in [6.45, 7) is 6.65. The van der Waals surface area contributed by atoms with Crippen LogP contribution < -0.4 is 10.3 Å². The minimum Gasteiger partial charge on any atom is -0.493 e. The molecule has 1 aliphatic rings. The first-order valence-corrected chi connectivity index (χ1v) is 14.5. The number of nitrogens with zero attached hydrogens (tertiary/aromatic N) is 4. The number of alkyl halides is 1. The summed E-state index contributed by atoms with van der Waals surface area (Å²) in [6, 6.07) is 4.68. The molecule has 0 radical (unpaired) electrons. The van der Waals surface area contributed by atoms with Crippen molar-refractivity contribution >= 4 is 21.1 Å². The number of hydrogen-bond acceptors (Lipinski definition) is 7. The molecule has 12 heteroatoms. The Balaban J connectivity index is 1.64. The highest BCUT2D eigenvalue weighted by atomic mass is 32.2. The second kappa shape index (κ2) is 12.4. The Morgan fingerprint density at radius 1 is 1.13 bits per heavy atom. The van der Waals surface area contributed by atoms with Crippen molar-refractivity contribution in [1.82, 2.24) is 23.7 Å². The van der Waals surface area contributed by atoms with Gasteiger partial charge in [0.25, 0.3) is 5.56 Å². The first kappa shape index (κ1) is 28.2. The zero-order valence-electron chi connectivity index (χ0n) is 22.2. The average molecular weight is 550 g/mol. The van der Waals surface area contributed by atoms with Crippen molar-refractivity contribution in [2.24, 2.45) is 7.05 Å². The number of H-pyrrole nitrogens is 1. The lowest BCUT2D eigenvalue weighted by Gasteiger charge is -2.33. The molecule has 38 heavy (non-hydrogen) atoms. The standard InChI is InChI=1S/C26H36FN5O5S/c1-4-6-19-18-30(3)24-23(19)28-25(29-26(24)33)21-17-20(7-8-22(21)37-5-2)38(34,35)32-12-10-31(11-13-32)14-16-36-15-9-27/h7-8,17-18H,4-6,9-16H2,1-3H3,(H,28,29,33). The van der Waals surface area contributed by atoms with Gasteiger partial charge in [-0.05, 0) is 37.1 Å². The van der Waals surface area contributed by atoms with Crippen LogP contribution in [0.1, 0.15) is 25.8 Å². The van der Waals surface area contributed by atoms with E-state index in [4.69, 9.17) is 14.5 Å². The van der Waals surface area contributed by atoms with E-state index < -0.39 is 16.7 Å². The van der Waals surface area contributed by atoms with Gasteiger partial charge in [0.05, 0.1) is 35.8 Å². The lowest BCUT2D eigenvalue weighted by Crippen LogP contribution is -2.49. The molecule has 0 atom stereocenters. The first-order chi connectivity index (χ1) is 18.3. The zero-order chi connectivity index (χ0) is 27.3. The largest absolute Gasteiger partial charge is 0.493 e. The van der Waals surface area contributed by atoms with Crippen LogP contribution in [0.5, 0.6) is 5.75 Å². The van der Waals surface area contributed by atoms with Crippen LogP contribution in [-0.2, 0) is 28.2 Å². The van der Waals surface area contributed by atoms with Gasteiger partial charge in [0.2, 0.25) is 10.0 Å². The fourth-order valence-corrected chi connectivity index (χ4v) is 6.24. The van der Waals surface area contributed by atoms with Crippen LogP contribution in [0.25, 0.3) is 22.4 Å². The fourth-order valence-electron chi connectivity index (χ4n) is 4.79. The summed E-state index contributed by atoms with van der Waals surface area (Å²) < 4.78 is 53.6. The predicted molar refractivity (Wildman–Crippen MR) is 144 cm³/mol. The molecular formula is C26H36FN5O5S. The third kappa shape index (κ3) is 5.93. The number of rotatable bonds is 12. The Hall–Kier alpha value is -2.80. The van der Waals surface area contributed by atoms with Gasteiger partial charge in [0.15, 0.2) is 0 Å². The van der Waals surface area contributed by atoms with E-state index in [1.165, 1.54) is 16.4 Å². The van der Waals surface area contributed by atoms with Gasteiger partial charge in [-0.2, -0.15) is 4.31 Å². The number of sulfonamides is 1. The second-order valence-electron chi connectivity index (χ2n) is 9.27. The summed E-state index contributed by atoms with van der Waals surface area (Å²) in [5, 5.41) is 0. The van der Waals surface area contributed by atoms with Crippen LogP contribution in [-0.4, -0.2) is 91.4 Å². The molecule has 2 aromatic heterocycles. The van der Waals surface area contributed by atoms with Crippen LogP contribution in [0, 0.1) is 0 Å². The predicted octanol–water partition coefficient (Wildman–Crippen LogP) is 2.57. The normalized spacial score (nSPS) is 15.4. The number of aromatic amines is 1. The summed E-state index contributed by atoms with van der Waals surface area (Å²) in [7, 11) is -1.98. The minimum atomic E-state index is -3.80. The van der Waals surface area contributed by atoms with Crippen molar-refractivity contribution in [3.8, 4) is 17.1 Å². The summed E-state index contributed by atoms with van der Waals surface area (Å²) in [5.41, 5.74) is 2.17. The molecule has 1 aromatic carbocycles. The molecule has 10 nitrogen and oxygen atoms in total. The van der Waals surface area contributed by atoms with Gasteiger partial charge < -0.3 is 19.0 Å². The van der Waals surface area contributed by atoms with Gasteiger partial charge in [-0.1, -0.05) is 13.3 Å². The number of ether oxygens (including phenoxy) is 2. The molecule has 1 aliphatic heterocycles. The molecule has 3 heterocycles. The van der Waals surface area contributed by atoms with Gasteiger partial charge >= 0.3 is 0 Å². The number of hydrogen-bond donors (Lipinski definition) is 1. The van der Waals surface area contributed by atoms with Crippen LogP contribution in [0.4, 0.5) is 4.39 Å². The van der Waals surface area contributed by atoms with E-state index in [0.29, 0.717) is 68.3 Å². The van der Waals surface area contributed by atoms with E-state index in [1.807, 2.05) is 20.2 Å². The Labute approximate surface area is 222 Å². The van der Waals surface area contributed by atoms with Crippen molar-refractivity contribution in [3.05, 3.63) is 40.3 Å². The maximum Gasteiger partial charge on any atom is 0.275 e. The third-order valence-corrected chi connectivity index (χ3v) is 8.56. The van der Waals surface area contributed by atoms with Gasteiger partial charge in [-0.25, -0.2) is 17.8 Å². The van der Waals surface area contributed by atoms with E-state index in [9.17, 15) is 17.6 Å². The van der Waals surface area contributed by atoms with Crippen molar-refractivity contribution in [2.75, 3.05) is 59.2 Å². The summed E-state index contributed by atoms with van der Waals surface area (Å²) >= 11 is 0. The quantitative estimate of drug-likeness (QED) is 0.346. The molecule has 1 fully saturated rings. The number of piperazine rings is 1. The summed E-state index contributed by atoms with van der Waals surface area (Å²) in [5.74, 6) is 0.713. The molecule has 0 aliphatic carbocycles. The Bertz CT molecular complexity index is 1410. The maximum absolute atomic E-state index is 13.6. The molecule has 0 bridgehead atoms. The fraction of sp³-hybridized carbons (Fsp3) is 0.538. The molecule has 1 saturated heterocycles. The first-order valence-electron chi connectivity index (χ1n) is 13.0. The molecule has 208 valence electrons. The van der Waals surface area contributed by atoms with E-state index in [-0.39, 0.29) is 22.9 Å². The summed E-state index contributed by atoms with van der Waals surface area (Å²) in [6.07, 6.45) is 3.59. The number of fused-ring (bicyclic) bond motifs is 1. The Kier molecular flexibility index (Phi) is 9.19. The minimum absolute atomic E-state index is 0.0751. The number of aryl methyl sites for hydroxylation is 2. The van der Waals surface area contributed by atoms with Crippen molar-refractivity contribution in [3.63, 3.8) is 0 Å². The maximum atomic E-state index is 13.6. The number of halogens is 1. The van der Waals surface area contributed by atoms with E-state index in [1.54, 1.807) is 10.6 Å². The molecule has 1 N–H and O–H groups in total. The second-order valence-corrected chi connectivity index (χ2v) is 11.2. The van der Waals surface area contributed by atoms with Crippen molar-refractivity contribution in [2.45, 2.75) is 31.6 Å². The molecule has 0 saturated carbocycles. The highest BCUT2D eigenvalue weighted by Gasteiger charge is 2.29. The molecule has 0 spiro atoms. The lowest BCUT2D eigenvalue weighted by atomic mass is 10.1. The van der Waals surface area contributed by atoms with Crippen LogP contribution in [0.2, 0.25) is 0 Å². The molecule has 3 aromatic rings. The Morgan fingerprint density at radius 3 is 2.58 bits per heavy atom. The van der Waals surface area contributed by atoms with Crippen molar-refractivity contribution < 1.29 is 22.3 Å². The van der Waals surface area contributed by atoms with E-state index >= 15 is 0 Å². The summed E-state index contributed by atoms with van der Waals surface area (Å²) in [4.78, 5) is 22.9. The SMILES string of the molecule is CCCc1cn(C)c2c(=O)[nH]c(-c3cc(S(=O)(=O)N4CCN(CCOCCF)CC4)ccc3OCC)nc12. The van der Waals surface area contributed by atoms with Gasteiger partial charge in [-0.3, -0.25) is 9.69 Å². The average Bonchev–Trinajstić information content (AvgIpc) is 3.22.